The summed E-state index contributed by atoms with van der Waals surface area (Å²) in [6, 6.07) is 8.96. The van der Waals surface area contributed by atoms with E-state index in [9.17, 15) is 8.78 Å². The van der Waals surface area contributed by atoms with Crippen molar-refractivity contribution in [3.05, 3.63) is 69.7 Å². The number of halogens is 3. The van der Waals surface area contributed by atoms with Gasteiger partial charge in [0.2, 0.25) is 0 Å². The molecule has 1 atom stereocenters. The zero-order valence-electron chi connectivity index (χ0n) is 10.7. The van der Waals surface area contributed by atoms with Crippen LogP contribution in [0.4, 0.5) is 8.78 Å². The van der Waals surface area contributed by atoms with E-state index in [-0.39, 0.29) is 11.4 Å². The van der Waals surface area contributed by atoms with E-state index in [4.69, 9.17) is 17.3 Å². The molecule has 2 aromatic carbocycles. The van der Waals surface area contributed by atoms with E-state index >= 15 is 0 Å². The van der Waals surface area contributed by atoms with E-state index in [0.717, 1.165) is 0 Å². The van der Waals surface area contributed by atoms with Gasteiger partial charge in [0, 0.05) is 10.6 Å². The number of aryl methyl sites for hydroxylation is 1. The summed E-state index contributed by atoms with van der Waals surface area (Å²) in [4.78, 5) is 0. The van der Waals surface area contributed by atoms with Crippen LogP contribution in [0.25, 0.3) is 0 Å². The lowest BCUT2D eigenvalue weighted by Gasteiger charge is -2.26. The van der Waals surface area contributed by atoms with E-state index in [0.29, 0.717) is 16.1 Å². The van der Waals surface area contributed by atoms with Crippen molar-refractivity contribution in [1.82, 2.24) is 0 Å². The molecule has 4 heteroatoms. The van der Waals surface area contributed by atoms with Gasteiger partial charge in [0.15, 0.2) is 0 Å². The number of nitrogens with two attached hydrogens (primary N) is 1. The van der Waals surface area contributed by atoms with Gasteiger partial charge in [0.1, 0.15) is 11.6 Å². The lowest BCUT2D eigenvalue weighted by Crippen LogP contribution is -2.35. The van der Waals surface area contributed by atoms with Gasteiger partial charge in [-0.05, 0) is 43.2 Å². The van der Waals surface area contributed by atoms with Gasteiger partial charge >= 0.3 is 0 Å². The molecule has 0 aromatic heterocycles. The molecule has 1 unspecified atom stereocenters. The normalized spacial score (nSPS) is 14.2. The molecule has 0 fully saturated rings. The van der Waals surface area contributed by atoms with Gasteiger partial charge in [-0.15, -0.1) is 0 Å². The lowest BCUT2D eigenvalue weighted by atomic mass is 9.85. The molecule has 0 saturated heterocycles. The minimum absolute atomic E-state index is 0.278. The summed E-state index contributed by atoms with van der Waals surface area (Å²) in [6.45, 7) is 3.30. The Hall–Kier alpha value is -1.45. The average molecular weight is 282 g/mol. The quantitative estimate of drug-likeness (QED) is 0.879. The standard InChI is InChI=1S/C15H14ClF2N/c1-9-3-4-10(7-13(9)17)15(2,19)12-6-5-11(16)8-14(12)18/h3-8H,19H2,1-2H3. The molecular weight excluding hydrogens is 268 g/mol. The van der Waals surface area contributed by atoms with Crippen molar-refractivity contribution >= 4 is 11.6 Å². The molecule has 2 aromatic rings. The van der Waals surface area contributed by atoms with Gasteiger partial charge < -0.3 is 5.73 Å². The fourth-order valence-electron chi connectivity index (χ4n) is 1.98. The van der Waals surface area contributed by atoms with Gasteiger partial charge in [-0.3, -0.25) is 0 Å². The van der Waals surface area contributed by atoms with Gasteiger partial charge in [-0.1, -0.05) is 29.8 Å². The van der Waals surface area contributed by atoms with Crippen LogP contribution in [0.2, 0.25) is 5.02 Å². The second kappa shape index (κ2) is 4.91. The van der Waals surface area contributed by atoms with E-state index in [2.05, 4.69) is 0 Å². The third-order valence-electron chi connectivity index (χ3n) is 3.26. The minimum Gasteiger partial charge on any atom is -0.318 e. The molecule has 19 heavy (non-hydrogen) atoms. The molecule has 100 valence electrons. The molecule has 0 radical (unpaired) electrons. The maximum atomic E-state index is 14.0. The van der Waals surface area contributed by atoms with E-state index in [1.807, 2.05) is 0 Å². The Bertz CT molecular complexity index is 624. The first-order valence-corrected chi connectivity index (χ1v) is 6.21. The fourth-order valence-corrected chi connectivity index (χ4v) is 2.14. The second-order valence-electron chi connectivity index (χ2n) is 4.79. The molecule has 0 spiro atoms. The predicted octanol–water partition coefficient (Wildman–Crippen LogP) is 4.15. The van der Waals surface area contributed by atoms with Crippen molar-refractivity contribution in [2.75, 3.05) is 0 Å². The first kappa shape index (κ1) is 14.0. The molecule has 0 amide bonds. The van der Waals surface area contributed by atoms with Crippen molar-refractivity contribution < 1.29 is 8.78 Å². The van der Waals surface area contributed by atoms with Crippen LogP contribution in [0.5, 0.6) is 0 Å². The summed E-state index contributed by atoms with van der Waals surface area (Å²) in [5, 5.41) is 0.298. The fraction of sp³-hybridized carbons (Fsp3) is 0.200. The first-order valence-electron chi connectivity index (χ1n) is 5.83. The van der Waals surface area contributed by atoms with Gasteiger partial charge in [-0.25, -0.2) is 8.78 Å². The van der Waals surface area contributed by atoms with Crippen LogP contribution in [0, 0.1) is 18.6 Å². The lowest BCUT2D eigenvalue weighted by molar-refractivity contribution is 0.525. The Labute approximate surface area is 116 Å². The highest BCUT2D eigenvalue weighted by molar-refractivity contribution is 6.30. The molecule has 0 aliphatic carbocycles. The largest absolute Gasteiger partial charge is 0.318 e. The Morgan fingerprint density at radius 1 is 1.05 bits per heavy atom. The highest BCUT2D eigenvalue weighted by atomic mass is 35.5. The molecule has 0 aliphatic heterocycles. The van der Waals surface area contributed by atoms with Crippen LogP contribution in [-0.4, -0.2) is 0 Å². The number of benzene rings is 2. The topological polar surface area (TPSA) is 26.0 Å². The smallest absolute Gasteiger partial charge is 0.130 e. The van der Waals surface area contributed by atoms with Crippen molar-refractivity contribution in [1.29, 1.82) is 0 Å². The highest BCUT2D eigenvalue weighted by Gasteiger charge is 2.27. The van der Waals surface area contributed by atoms with Crippen molar-refractivity contribution in [3.63, 3.8) is 0 Å². The van der Waals surface area contributed by atoms with Crippen molar-refractivity contribution in [2.45, 2.75) is 19.4 Å². The van der Waals surface area contributed by atoms with E-state index in [1.54, 1.807) is 32.0 Å². The summed E-state index contributed by atoms with van der Waals surface area (Å²) in [6.07, 6.45) is 0. The van der Waals surface area contributed by atoms with E-state index in [1.165, 1.54) is 18.2 Å². The highest BCUT2D eigenvalue weighted by Crippen LogP contribution is 2.30. The SMILES string of the molecule is Cc1ccc(C(C)(N)c2ccc(Cl)cc2F)cc1F. The number of hydrogen-bond donors (Lipinski definition) is 1. The second-order valence-corrected chi connectivity index (χ2v) is 5.23. The summed E-state index contributed by atoms with van der Waals surface area (Å²) >= 11 is 5.72. The molecule has 0 bridgehead atoms. The van der Waals surface area contributed by atoms with Gasteiger partial charge in [0.05, 0.1) is 5.54 Å². The Morgan fingerprint density at radius 2 is 1.74 bits per heavy atom. The number of rotatable bonds is 2. The van der Waals surface area contributed by atoms with Crippen LogP contribution in [0.1, 0.15) is 23.6 Å². The third kappa shape index (κ3) is 2.62. The van der Waals surface area contributed by atoms with Crippen LogP contribution < -0.4 is 5.73 Å². The summed E-state index contributed by atoms with van der Waals surface area (Å²) in [5.74, 6) is -0.859. The summed E-state index contributed by atoms with van der Waals surface area (Å²) in [5.41, 5.74) is 6.37. The van der Waals surface area contributed by atoms with Crippen LogP contribution in [-0.2, 0) is 5.54 Å². The van der Waals surface area contributed by atoms with Crippen molar-refractivity contribution in [3.8, 4) is 0 Å². The Balaban J connectivity index is 2.54. The molecule has 0 aliphatic rings. The molecule has 1 nitrogen and oxygen atoms in total. The van der Waals surface area contributed by atoms with E-state index < -0.39 is 11.4 Å². The minimum atomic E-state index is -1.12. The monoisotopic (exact) mass is 281 g/mol. The predicted molar refractivity (Wildman–Crippen MR) is 73.2 cm³/mol. The molecule has 0 heterocycles. The van der Waals surface area contributed by atoms with Gasteiger partial charge in [0.25, 0.3) is 0 Å². The Kier molecular flexibility index (Phi) is 3.61. The summed E-state index contributed by atoms with van der Waals surface area (Å²) < 4.78 is 27.6. The maximum absolute atomic E-state index is 14.0. The molecular formula is C15H14ClF2N. The zero-order chi connectivity index (χ0) is 14.2. The summed E-state index contributed by atoms with van der Waals surface area (Å²) in [7, 11) is 0. The molecule has 2 N–H and O–H groups in total. The third-order valence-corrected chi connectivity index (χ3v) is 3.50. The van der Waals surface area contributed by atoms with Crippen LogP contribution in [0.3, 0.4) is 0 Å². The van der Waals surface area contributed by atoms with Gasteiger partial charge in [-0.2, -0.15) is 0 Å². The molecule has 0 saturated carbocycles. The first-order chi connectivity index (χ1) is 8.82. The van der Waals surface area contributed by atoms with Crippen molar-refractivity contribution in [2.24, 2.45) is 5.73 Å². The maximum Gasteiger partial charge on any atom is 0.130 e. The average Bonchev–Trinajstić information content (AvgIpc) is 2.32. The molecule has 2 rings (SSSR count). The van der Waals surface area contributed by atoms with Crippen LogP contribution in [0.15, 0.2) is 36.4 Å². The Morgan fingerprint density at radius 3 is 2.32 bits per heavy atom. The number of hydrogen-bond acceptors (Lipinski definition) is 1. The zero-order valence-corrected chi connectivity index (χ0v) is 11.4. The van der Waals surface area contributed by atoms with Crippen LogP contribution >= 0.6 is 11.6 Å².